The molecule has 9 heteroatoms. The summed E-state index contributed by atoms with van der Waals surface area (Å²) in [7, 11) is 1.61. The first-order chi connectivity index (χ1) is 16.3. The lowest BCUT2D eigenvalue weighted by molar-refractivity contribution is -0.291. The van der Waals surface area contributed by atoms with Crippen molar-refractivity contribution in [2.45, 2.75) is 58.3 Å². The summed E-state index contributed by atoms with van der Waals surface area (Å²) in [5, 5.41) is 3.18. The average Bonchev–Trinajstić information content (AvgIpc) is 3.41. The maximum absolute atomic E-state index is 14.0. The fourth-order valence-corrected chi connectivity index (χ4v) is 4.87. The number of piperidine rings is 1. The topological polar surface area (TPSA) is 86.8 Å². The highest BCUT2D eigenvalue weighted by molar-refractivity contribution is 6.23. The number of carbonyl (C=O) groups is 2. The van der Waals surface area contributed by atoms with Crippen LogP contribution in [-0.2, 0) is 28.7 Å². The van der Waals surface area contributed by atoms with Crippen LogP contribution in [0.2, 0.25) is 0 Å². The average molecular weight is 473 g/mol. The minimum Gasteiger partial charge on any atom is -0.403 e. The first-order valence-electron chi connectivity index (χ1n) is 11.6. The van der Waals surface area contributed by atoms with Gasteiger partial charge in [0.15, 0.2) is 12.0 Å². The summed E-state index contributed by atoms with van der Waals surface area (Å²) >= 11 is 0. The van der Waals surface area contributed by atoms with Crippen LogP contribution < -0.4 is 0 Å². The minimum atomic E-state index is -1.02. The van der Waals surface area contributed by atoms with Gasteiger partial charge in [-0.15, -0.1) is 0 Å². The third kappa shape index (κ3) is 4.24. The Morgan fingerprint density at radius 2 is 1.94 bits per heavy atom. The van der Waals surface area contributed by atoms with E-state index < -0.39 is 18.0 Å². The summed E-state index contributed by atoms with van der Waals surface area (Å²) < 4.78 is 16.3. The van der Waals surface area contributed by atoms with Crippen LogP contribution in [-0.4, -0.2) is 60.8 Å². The molecule has 1 aromatic carbocycles. The number of carbonyl (C=O) groups excluding carboxylic acids is 2. The third-order valence-electron chi connectivity index (χ3n) is 7.05. The molecule has 1 amide bonds. The molecule has 4 rings (SSSR count). The lowest BCUT2D eigenvalue weighted by Gasteiger charge is -2.43. The Kier molecular flexibility index (Phi) is 7.09. The smallest absolute Gasteiger partial charge is 0.403 e. The van der Waals surface area contributed by atoms with E-state index in [-0.39, 0.29) is 11.7 Å². The highest BCUT2D eigenvalue weighted by Crippen LogP contribution is 2.48. The number of hydroxylamine groups is 4. The van der Waals surface area contributed by atoms with Crippen LogP contribution in [0.25, 0.3) is 5.57 Å². The Balaban J connectivity index is 1.86. The first kappa shape index (κ1) is 24.4. The quantitative estimate of drug-likeness (QED) is 0.455. The van der Waals surface area contributed by atoms with Crippen molar-refractivity contribution in [2.24, 2.45) is 0 Å². The monoisotopic (exact) mass is 472 g/mol. The van der Waals surface area contributed by atoms with Gasteiger partial charge in [-0.3, -0.25) is 4.79 Å². The van der Waals surface area contributed by atoms with Crippen LogP contribution in [0.3, 0.4) is 0 Å². The molecule has 0 aromatic heterocycles. The van der Waals surface area contributed by atoms with Crippen molar-refractivity contribution in [2.75, 3.05) is 26.8 Å². The summed E-state index contributed by atoms with van der Waals surface area (Å²) in [4.78, 5) is 38.1. The normalized spacial score (nSPS) is 22.5. The molecule has 1 unspecified atom stereocenters. The molecule has 3 aliphatic heterocycles. The molecular formula is C25H32N2O7. The van der Waals surface area contributed by atoms with E-state index in [1.165, 1.54) is 5.06 Å². The van der Waals surface area contributed by atoms with Crippen molar-refractivity contribution in [3.8, 4) is 0 Å². The summed E-state index contributed by atoms with van der Waals surface area (Å²) in [5.41, 5.74) is 3.08. The van der Waals surface area contributed by atoms with Crippen LogP contribution in [0, 0.1) is 20.8 Å². The number of ether oxygens (including phenoxy) is 3. The van der Waals surface area contributed by atoms with Crippen molar-refractivity contribution >= 4 is 17.6 Å². The van der Waals surface area contributed by atoms with E-state index in [2.05, 4.69) is 6.58 Å². The number of nitrogens with zero attached hydrogens (tertiary/aromatic N) is 2. The second-order valence-corrected chi connectivity index (χ2v) is 8.81. The molecule has 0 bridgehead atoms. The minimum absolute atomic E-state index is 0.226. The molecule has 2 fully saturated rings. The molecular weight excluding hydrogens is 440 g/mol. The van der Waals surface area contributed by atoms with Crippen molar-refractivity contribution in [3.05, 3.63) is 53.0 Å². The number of rotatable bonds is 6. The fraction of sp³-hybridized carbons (Fsp3) is 0.520. The zero-order valence-corrected chi connectivity index (χ0v) is 20.2. The zero-order valence-electron chi connectivity index (χ0n) is 20.2. The molecule has 3 heterocycles. The highest BCUT2D eigenvalue weighted by atomic mass is 16.8. The van der Waals surface area contributed by atoms with Crippen LogP contribution >= 0.6 is 0 Å². The van der Waals surface area contributed by atoms with E-state index in [9.17, 15) is 9.59 Å². The molecule has 1 atom stereocenters. The molecule has 2 saturated heterocycles. The number of hydrogen-bond acceptors (Lipinski definition) is 8. The highest BCUT2D eigenvalue weighted by Gasteiger charge is 2.58. The molecule has 0 radical (unpaired) electrons. The maximum Gasteiger partial charge on any atom is 0.518 e. The van der Waals surface area contributed by atoms with Gasteiger partial charge in [-0.2, -0.15) is 5.06 Å². The van der Waals surface area contributed by atoms with Gasteiger partial charge in [0.05, 0.1) is 25.6 Å². The van der Waals surface area contributed by atoms with Crippen molar-refractivity contribution < 1.29 is 33.5 Å². The molecule has 3 aliphatic rings. The Morgan fingerprint density at radius 1 is 1.21 bits per heavy atom. The molecule has 0 saturated carbocycles. The predicted octanol–water partition coefficient (Wildman–Crippen LogP) is 3.93. The number of benzene rings is 1. The second-order valence-electron chi connectivity index (χ2n) is 8.81. The van der Waals surface area contributed by atoms with Crippen molar-refractivity contribution in [3.63, 3.8) is 0 Å². The van der Waals surface area contributed by atoms with Crippen LogP contribution in [0.1, 0.15) is 47.9 Å². The van der Waals surface area contributed by atoms with Crippen LogP contribution in [0.5, 0.6) is 0 Å². The lowest BCUT2D eigenvalue weighted by atomic mass is 9.85. The summed E-state index contributed by atoms with van der Waals surface area (Å²) in [6, 6.07) is 3.85. The Bertz CT molecular complexity index is 1000. The Morgan fingerprint density at radius 3 is 2.56 bits per heavy atom. The molecule has 1 aromatic rings. The SMILES string of the molecule is C=COC(=O)OC1=C(c2ccc(C)c(C)c2C)C(=O)N(OC2CCCO2)C12CCN(OC)CC2. The van der Waals surface area contributed by atoms with Gasteiger partial charge in [0, 0.05) is 19.5 Å². The van der Waals surface area contributed by atoms with E-state index >= 15 is 0 Å². The Labute approximate surface area is 199 Å². The van der Waals surface area contributed by atoms with E-state index in [0.717, 1.165) is 29.4 Å². The van der Waals surface area contributed by atoms with Crippen molar-refractivity contribution in [1.82, 2.24) is 10.1 Å². The van der Waals surface area contributed by atoms with E-state index in [4.69, 9.17) is 23.9 Å². The molecule has 1 spiro atoms. The number of aryl methyl sites for hydroxylation is 1. The van der Waals surface area contributed by atoms with Gasteiger partial charge in [0.25, 0.3) is 5.91 Å². The molecule has 0 N–H and O–H groups in total. The fourth-order valence-electron chi connectivity index (χ4n) is 4.87. The predicted molar refractivity (Wildman–Crippen MR) is 123 cm³/mol. The van der Waals surface area contributed by atoms with Gasteiger partial charge in [-0.05, 0) is 62.3 Å². The van der Waals surface area contributed by atoms with Gasteiger partial charge in [-0.25, -0.2) is 14.7 Å². The number of amides is 1. The van der Waals surface area contributed by atoms with E-state index in [0.29, 0.717) is 50.1 Å². The summed E-state index contributed by atoms with van der Waals surface area (Å²) in [6.45, 7) is 11.0. The van der Waals surface area contributed by atoms with Gasteiger partial charge in [0.2, 0.25) is 0 Å². The standard InChI is InChI=1S/C25H32N2O7/c1-6-31-24(29)33-22-21(19-10-9-16(2)17(3)18(19)4)23(28)27(34-20-8-7-15-32-20)25(22)11-13-26(30-5)14-12-25/h6,9-10,20H,1,7-8,11-15H2,2-5H3. The van der Waals surface area contributed by atoms with Crippen LogP contribution in [0.4, 0.5) is 4.79 Å². The Hall–Kier alpha value is -2.72. The lowest BCUT2D eigenvalue weighted by Crippen LogP contribution is -2.56. The number of hydrogen-bond donors (Lipinski definition) is 0. The van der Waals surface area contributed by atoms with Gasteiger partial charge in [-0.1, -0.05) is 18.7 Å². The third-order valence-corrected chi connectivity index (χ3v) is 7.05. The first-order valence-corrected chi connectivity index (χ1v) is 11.6. The van der Waals surface area contributed by atoms with Gasteiger partial charge < -0.3 is 19.0 Å². The van der Waals surface area contributed by atoms with Gasteiger partial charge in [0.1, 0.15) is 5.54 Å². The van der Waals surface area contributed by atoms with E-state index in [1.807, 2.05) is 32.9 Å². The largest absolute Gasteiger partial charge is 0.518 e. The zero-order chi connectivity index (χ0) is 24.5. The van der Waals surface area contributed by atoms with Crippen molar-refractivity contribution in [1.29, 1.82) is 0 Å². The van der Waals surface area contributed by atoms with Gasteiger partial charge >= 0.3 is 6.16 Å². The maximum atomic E-state index is 14.0. The molecule has 184 valence electrons. The molecule has 0 aliphatic carbocycles. The van der Waals surface area contributed by atoms with E-state index in [1.54, 1.807) is 12.2 Å². The van der Waals surface area contributed by atoms with Crippen LogP contribution in [0.15, 0.2) is 30.7 Å². The summed E-state index contributed by atoms with van der Waals surface area (Å²) in [6.07, 6.45) is 1.90. The summed E-state index contributed by atoms with van der Waals surface area (Å²) in [5.74, 6) is -0.140. The second kappa shape index (κ2) is 9.87. The molecule has 9 nitrogen and oxygen atoms in total. The molecule has 34 heavy (non-hydrogen) atoms.